The number of hydrogen-bond acceptors (Lipinski definition) is 3. The van der Waals surface area contributed by atoms with E-state index in [0.717, 1.165) is 16.8 Å². The zero-order chi connectivity index (χ0) is 17.0. The first-order valence-corrected chi connectivity index (χ1v) is 7.91. The van der Waals surface area contributed by atoms with E-state index in [1.807, 2.05) is 27.7 Å². The molecule has 0 aliphatic heterocycles. The molecule has 0 amide bonds. The maximum atomic E-state index is 11.6. The number of ether oxygens (including phenoxy) is 1. The monoisotopic (exact) mass is 332 g/mol. The first kappa shape index (κ1) is 17.3. The van der Waals surface area contributed by atoms with Crippen LogP contribution in [0.15, 0.2) is 30.3 Å². The van der Waals surface area contributed by atoms with E-state index in [1.165, 1.54) is 11.6 Å². The zero-order valence-electron chi connectivity index (χ0n) is 13.8. The minimum atomic E-state index is -0.387. The van der Waals surface area contributed by atoms with E-state index >= 15 is 0 Å². The van der Waals surface area contributed by atoms with Gasteiger partial charge in [0.05, 0.1) is 18.3 Å². The third-order valence-electron chi connectivity index (χ3n) is 3.30. The summed E-state index contributed by atoms with van der Waals surface area (Å²) in [4.78, 5) is 11.6. The highest BCUT2D eigenvalue weighted by atomic mass is 35.5. The Bertz CT molecular complexity index is 715. The van der Waals surface area contributed by atoms with Gasteiger partial charge in [0.15, 0.2) is 0 Å². The second-order valence-corrected chi connectivity index (χ2v) is 6.11. The molecule has 0 radical (unpaired) electrons. The molecule has 0 N–H and O–H groups in total. The second kappa shape index (κ2) is 7.47. The first-order valence-electron chi connectivity index (χ1n) is 7.54. The molecule has 4 nitrogen and oxygen atoms in total. The molecule has 1 aromatic carbocycles. The Labute approximate surface area is 141 Å². The van der Waals surface area contributed by atoms with Gasteiger partial charge in [0.2, 0.25) is 0 Å². The molecule has 23 heavy (non-hydrogen) atoms. The van der Waals surface area contributed by atoms with Gasteiger partial charge >= 0.3 is 5.97 Å². The smallest absolute Gasteiger partial charge is 0.331 e. The Morgan fingerprint density at radius 3 is 2.57 bits per heavy atom. The molecule has 2 rings (SSSR count). The summed E-state index contributed by atoms with van der Waals surface area (Å²) in [5, 5.41) is 4.96. The summed E-state index contributed by atoms with van der Waals surface area (Å²) >= 11 is 6.40. The largest absolute Gasteiger partial charge is 0.460 e. The van der Waals surface area contributed by atoms with Crippen LogP contribution in [0, 0.1) is 13.8 Å². The van der Waals surface area contributed by atoms with Gasteiger partial charge in [-0.05, 0) is 39.3 Å². The highest BCUT2D eigenvalue weighted by Crippen LogP contribution is 2.22. The maximum Gasteiger partial charge on any atom is 0.331 e. The Hall–Kier alpha value is -2.07. The van der Waals surface area contributed by atoms with Crippen LogP contribution in [0.3, 0.4) is 0 Å². The van der Waals surface area contributed by atoms with Crippen molar-refractivity contribution in [1.29, 1.82) is 0 Å². The van der Waals surface area contributed by atoms with Gasteiger partial charge in [-0.1, -0.05) is 41.4 Å². The number of rotatable bonds is 5. The lowest BCUT2D eigenvalue weighted by molar-refractivity contribution is -0.141. The third kappa shape index (κ3) is 4.70. The minimum Gasteiger partial charge on any atom is -0.460 e. The molecule has 0 aliphatic rings. The molecular weight excluding hydrogens is 312 g/mol. The molecular formula is C18H21ClN2O2. The van der Waals surface area contributed by atoms with Gasteiger partial charge in [-0.15, -0.1) is 0 Å². The number of hydrogen-bond donors (Lipinski definition) is 0. The summed E-state index contributed by atoms with van der Waals surface area (Å²) in [6, 6.07) is 8.22. The highest BCUT2D eigenvalue weighted by molar-refractivity contribution is 6.31. The van der Waals surface area contributed by atoms with Crippen molar-refractivity contribution in [3.8, 4) is 0 Å². The normalized spacial score (nSPS) is 11.4. The van der Waals surface area contributed by atoms with Crippen molar-refractivity contribution in [2.75, 3.05) is 0 Å². The van der Waals surface area contributed by atoms with Gasteiger partial charge in [-0.3, -0.25) is 0 Å². The van der Waals surface area contributed by atoms with Crippen LogP contribution in [0.25, 0.3) is 6.08 Å². The van der Waals surface area contributed by atoms with Crippen LogP contribution < -0.4 is 0 Å². The van der Waals surface area contributed by atoms with Crippen molar-refractivity contribution in [3.63, 3.8) is 0 Å². The number of nitrogens with zero attached hydrogens (tertiary/aromatic N) is 2. The molecule has 0 unspecified atom stereocenters. The number of aryl methyl sites for hydroxylation is 2. The molecule has 5 heteroatoms. The fraction of sp³-hybridized carbons (Fsp3) is 0.333. The molecule has 0 aliphatic carbocycles. The van der Waals surface area contributed by atoms with Crippen molar-refractivity contribution >= 4 is 23.6 Å². The summed E-state index contributed by atoms with van der Waals surface area (Å²) < 4.78 is 6.80. The number of halogens is 1. The molecule has 0 saturated heterocycles. The van der Waals surface area contributed by atoms with Crippen LogP contribution in [-0.2, 0) is 16.1 Å². The van der Waals surface area contributed by atoms with Crippen molar-refractivity contribution < 1.29 is 9.53 Å². The standard InChI is InChI=1S/C18H21ClN2O2/c1-12(2)23-17(22)10-9-16-14(4)20-21(18(16)19)11-15-7-5-13(3)6-8-15/h5-10,12H,11H2,1-4H3/b10-9+. The highest BCUT2D eigenvalue weighted by Gasteiger charge is 2.12. The van der Waals surface area contributed by atoms with Crippen molar-refractivity contribution in [2.45, 2.75) is 40.3 Å². The molecule has 0 bridgehead atoms. The van der Waals surface area contributed by atoms with Gasteiger partial charge < -0.3 is 4.74 Å². The quantitative estimate of drug-likeness (QED) is 0.610. The van der Waals surface area contributed by atoms with Gasteiger partial charge in [0.25, 0.3) is 0 Å². The van der Waals surface area contributed by atoms with Crippen LogP contribution in [-0.4, -0.2) is 21.9 Å². The Morgan fingerprint density at radius 1 is 1.30 bits per heavy atom. The van der Waals surface area contributed by atoms with E-state index in [9.17, 15) is 4.79 Å². The molecule has 0 saturated carbocycles. The van der Waals surface area contributed by atoms with E-state index in [1.54, 1.807) is 10.8 Å². The van der Waals surface area contributed by atoms with Crippen LogP contribution in [0.5, 0.6) is 0 Å². The molecule has 1 heterocycles. The van der Waals surface area contributed by atoms with E-state index in [0.29, 0.717) is 11.7 Å². The lowest BCUT2D eigenvalue weighted by Gasteiger charge is -2.04. The van der Waals surface area contributed by atoms with Crippen molar-refractivity contribution in [3.05, 3.63) is 57.9 Å². The molecule has 0 fully saturated rings. The summed E-state index contributed by atoms with van der Waals surface area (Å²) in [6.07, 6.45) is 2.89. The van der Waals surface area contributed by atoms with Gasteiger partial charge in [-0.25, -0.2) is 9.48 Å². The van der Waals surface area contributed by atoms with E-state index in [4.69, 9.17) is 16.3 Å². The fourth-order valence-corrected chi connectivity index (χ4v) is 2.45. The lowest BCUT2D eigenvalue weighted by Crippen LogP contribution is -2.08. The predicted octanol–water partition coefficient (Wildman–Crippen LogP) is 4.17. The van der Waals surface area contributed by atoms with Gasteiger partial charge in [0.1, 0.15) is 5.15 Å². The topological polar surface area (TPSA) is 44.1 Å². The molecule has 122 valence electrons. The fourth-order valence-electron chi connectivity index (χ4n) is 2.15. The van der Waals surface area contributed by atoms with Crippen LogP contribution in [0.4, 0.5) is 0 Å². The zero-order valence-corrected chi connectivity index (χ0v) is 14.6. The number of carbonyl (C=O) groups is 1. The van der Waals surface area contributed by atoms with Crippen molar-refractivity contribution in [2.24, 2.45) is 0 Å². The average molecular weight is 333 g/mol. The average Bonchev–Trinajstić information content (AvgIpc) is 2.73. The first-order chi connectivity index (χ1) is 10.9. The minimum absolute atomic E-state index is 0.145. The number of esters is 1. The van der Waals surface area contributed by atoms with Crippen LogP contribution in [0.2, 0.25) is 5.15 Å². The van der Waals surface area contributed by atoms with E-state index in [-0.39, 0.29) is 12.1 Å². The van der Waals surface area contributed by atoms with Crippen LogP contribution >= 0.6 is 11.6 Å². The summed E-state index contributed by atoms with van der Waals surface area (Å²) in [5.41, 5.74) is 3.84. The third-order valence-corrected chi connectivity index (χ3v) is 3.70. The van der Waals surface area contributed by atoms with Crippen LogP contribution in [0.1, 0.15) is 36.2 Å². The second-order valence-electron chi connectivity index (χ2n) is 5.75. The Morgan fingerprint density at radius 2 is 1.96 bits per heavy atom. The number of benzene rings is 1. The molecule has 1 aromatic heterocycles. The molecule has 0 spiro atoms. The predicted molar refractivity (Wildman–Crippen MR) is 92.5 cm³/mol. The molecule has 0 atom stereocenters. The summed E-state index contributed by atoms with van der Waals surface area (Å²) in [6.45, 7) is 8.12. The van der Waals surface area contributed by atoms with Gasteiger partial charge in [0, 0.05) is 11.6 Å². The van der Waals surface area contributed by atoms with E-state index in [2.05, 4.69) is 29.4 Å². The Balaban J connectivity index is 2.17. The summed E-state index contributed by atoms with van der Waals surface area (Å²) in [7, 11) is 0. The SMILES string of the molecule is Cc1ccc(Cn2nc(C)c(/C=C/C(=O)OC(C)C)c2Cl)cc1. The maximum absolute atomic E-state index is 11.6. The number of aromatic nitrogens is 2. The van der Waals surface area contributed by atoms with Crippen molar-refractivity contribution in [1.82, 2.24) is 9.78 Å². The lowest BCUT2D eigenvalue weighted by atomic mass is 10.1. The Kier molecular flexibility index (Phi) is 5.61. The number of carbonyl (C=O) groups excluding carboxylic acids is 1. The van der Waals surface area contributed by atoms with E-state index < -0.39 is 0 Å². The molecule has 2 aromatic rings. The summed E-state index contributed by atoms with van der Waals surface area (Å²) in [5.74, 6) is -0.387. The van der Waals surface area contributed by atoms with Gasteiger partial charge in [-0.2, -0.15) is 5.10 Å².